The highest BCUT2D eigenvalue weighted by Gasteiger charge is 2.32. The molecule has 0 aliphatic carbocycles. The molecule has 118 valence electrons. The summed E-state index contributed by atoms with van der Waals surface area (Å²) in [5.41, 5.74) is 0.849. The zero-order chi connectivity index (χ0) is 15.9. The quantitative estimate of drug-likeness (QED) is 0.776. The summed E-state index contributed by atoms with van der Waals surface area (Å²) in [5.74, 6) is -1.81. The van der Waals surface area contributed by atoms with Gasteiger partial charge in [0.05, 0.1) is 26.2 Å². The molecular formula is C15H18N2O5. The Kier molecular flexibility index (Phi) is 5.48. The second-order valence-corrected chi connectivity index (χ2v) is 4.96. The molecule has 1 saturated heterocycles. The Bertz CT molecular complexity index is 546. The molecule has 0 bridgehead atoms. The zero-order valence-electron chi connectivity index (χ0n) is 12.0. The van der Waals surface area contributed by atoms with Crippen molar-refractivity contribution in [3.8, 4) is 0 Å². The van der Waals surface area contributed by atoms with Gasteiger partial charge in [-0.3, -0.25) is 9.59 Å². The first-order valence-electron chi connectivity index (χ1n) is 6.98. The number of amides is 2. The number of carbonyl (C=O) groups is 3. The number of ether oxygens (including phenoxy) is 1. The lowest BCUT2D eigenvalue weighted by Gasteiger charge is -2.32. The topological polar surface area (TPSA) is 95.9 Å². The molecule has 1 heterocycles. The van der Waals surface area contributed by atoms with Crippen LogP contribution >= 0.6 is 0 Å². The van der Waals surface area contributed by atoms with Crippen molar-refractivity contribution in [1.82, 2.24) is 10.2 Å². The number of rotatable bonds is 5. The summed E-state index contributed by atoms with van der Waals surface area (Å²) in [5, 5.41) is 11.6. The molecule has 2 amide bonds. The minimum Gasteiger partial charge on any atom is -0.480 e. The van der Waals surface area contributed by atoms with E-state index in [1.807, 2.05) is 30.3 Å². The molecule has 1 atom stereocenters. The highest BCUT2D eigenvalue weighted by atomic mass is 16.5. The van der Waals surface area contributed by atoms with Crippen LogP contribution in [0, 0.1) is 0 Å². The summed E-state index contributed by atoms with van der Waals surface area (Å²) < 4.78 is 5.07. The first-order valence-corrected chi connectivity index (χ1v) is 6.98. The fourth-order valence-electron chi connectivity index (χ4n) is 2.23. The Morgan fingerprint density at radius 1 is 1.27 bits per heavy atom. The van der Waals surface area contributed by atoms with Gasteiger partial charge in [0.2, 0.25) is 11.8 Å². The first-order chi connectivity index (χ1) is 10.6. The third kappa shape index (κ3) is 4.29. The average Bonchev–Trinajstić information content (AvgIpc) is 2.53. The summed E-state index contributed by atoms with van der Waals surface area (Å²) in [7, 11) is 0. The molecule has 1 aliphatic rings. The van der Waals surface area contributed by atoms with Crippen molar-refractivity contribution in [3.63, 3.8) is 0 Å². The van der Waals surface area contributed by atoms with Crippen LogP contribution in [0.2, 0.25) is 0 Å². The first kappa shape index (κ1) is 16.0. The van der Waals surface area contributed by atoms with E-state index < -0.39 is 17.9 Å². The maximum Gasteiger partial charge on any atom is 0.328 e. The summed E-state index contributed by atoms with van der Waals surface area (Å²) in [6, 6.07) is 8.17. The van der Waals surface area contributed by atoms with Gasteiger partial charge in [-0.2, -0.15) is 0 Å². The number of carbonyl (C=O) groups excluding carboxylic acids is 2. The lowest BCUT2D eigenvalue weighted by atomic mass is 10.1. The van der Waals surface area contributed by atoms with Crippen molar-refractivity contribution in [2.45, 2.75) is 12.5 Å². The smallest absolute Gasteiger partial charge is 0.328 e. The molecule has 2 N–H and O–H groups in total. The van der Waals surface area contributed by atoms with E-state index in [1.54, 1.807) is 0 Å². The molecule has 0 radical (unpaired) electrons. The molecule has 7 heteroatoms. The van der Waals surface area contributed by atoms with Crippen LogP contribution in [-0.2, 0) is 25.5 Å². The molecule has 1 unspecified atom stereocenters. The summed E-state index contributed by atoms with van der Waals surface area (Å²) >= 11 is 0. The van der Waals surface area contributed by atoms with E-state index in [4.69, 9.17) is 9.84 Å². The Hall–Kier alpha value is -2.41. The van der Waals surface area contributed by atoms with Crippen LogP contribution in [0.15, 0.2) is 30.3 Å². The highest BCUT2D eigenvalue weighted by Crippen LogP contribution is 2.07. The summed E-state index contributed by atoms with van der Waals surface area (Å²) in [6.07, 6.45) is 0.180. The number of morpholine rings is 1. The van der Waals surface area contributed by atoms with Gasteiger partial charge in [-0.05, 0) is 5.56 Å². The number of aliphatic carboxylic acids is 1. The van der Waals surface area contributed by atoms with Crippen molar-refractivity contribution >= 4 is 17.8 Å². The van der Waals surface area contributed by atoms with E-state index in [1.165, 1.54) is 4.90 Å². The van der Waals surface area contributed by atoms with Gasteiger partial charge in [0.25, 0.3) is 0 Å². The minimum atomic E-state index is -1.11. The van der Waals surface area contributed by atoms with Gasteiger partial charge in [0.1, 0.15) is 0 Å². The van der Waals surface area contributed by atoms with Gasteiger partial charge in [-0.15, -0.1) is 0 Å². The summed E-state index contributed by atoms with van der Waals surface area (Å²) in [4.78, 5) is 36.2. The van der Waals surface area contributed by atoms with Crippen LogP contribution in [-0.4, -0.2) is 60.1 Å². The van der Waals surface area contributed by atoms with Crippen molar-refractivity contribution in [2.75, 3.05) is 26.3 Å². The van der Waals surface area contributed by atoms with Gasteiger partial charge >= 0.3 is 5.97 Å². The number of nitrogens with zero attached hydrogens (tertiary/aromatic N) is 1. The number of benzene rings is 1. The van der Waals surface area contributed by atoms with E-state index in [-0.39, 0.29) is 32.0 Å². The normalized spacial score (nSPS) is 17.8. The number of hydrogen-bond donors (Lipinski definition) is 2. The van der Waals surface area contributed by atoms with E-state index in [0.717, 1.165) is 5.56 Å². The molecule has 2 rings (SSSR count). The van der Waals surface area contributed by atoms with Crippen molar-refractivity contribution in [1.29, 1.82) is 0 Å². The Morgan fingerprint density at radius 3 is 2.68 bits per heavy atom. The molecule has 22 heavy (non-hydrogen) atoms. The van der Waals surface area contributed by atoms with Crippen molar-refractivity contribution in [3.05, 3.63) is 35.9 Å². The molecule has 1 aromatic carbocycles. The largest absolute Gasteiger partial charge is 0.480 e. The minimum absolute atomic E-state index is 0.0287. The fraction of sp³-hybridized carbons (Fsp3) is 0.400. The third-order valence-corrected chi connectivity index (χ3v) is 3.38. The van der Waals surface area contributed by atoms with Crippen LogP contribution < -0.4 is 5.32 Å². The van der Waals surface area contributed by atoms with E-state index in [9.17, 15) is 14.4 Å². The molecule has 7 nitrogen and oxygen atoms in total. The lowest BCUT2D eigenvalue weighted by molar-refractivity contribution is -0.157. The van der Waals surface area contributed by atoms with Gasteiger partial charge < -0.3 is 20.1 Å². The molecule has 0 spiro atoms. The van der Waals surface area contributed by atoms with Crippen LogP contribution in [0.25, 0.3) is 0 Å². The van der Waals surface area contributed by atoms with Gasteiger partial charge in [-0.25, -0.2) is 4.79 Å². The maximum atomic E-state index is 12.1. The second-order valence-electron chi connectivity index (χ2n) is 4.96. The Labute approximate surface area is 127 Å². The third-order valence-electron chi connectivity index (χ3n) is 3.38. The molecule has 1 aromatic rings. The van der Waals surface area contributed by atoms with E-state index in [0.29, 0.717) is 6.61 Å². The van der Waals surface area contributed by atoms with Crippen molar-refractivity contribution < 1.29 is 24.2 Å². The zero-order valence-corrected chi connectivity index (χ0v) is 12.0. The van der Waals surface area contributed by atoms with Gasteiger partial charge in [0.15, 0.2) is 6.04 Å². The molecular weight excluding hydrogens is 288 g/mol. The number of nitrogens with one attached hydrogen (secondary N) is 1. The Balaban J connectivity index is 1.83. The monoisotopic (exact) mass is 306 g/mol. The highest BCUT2D eigenvalue weighted by molar-refractivity contribution is 5.88. The molecule has 0 aromatic heterocycles. The van der Waals surface area contributed by atoms with Crippen LogP contribution in [0.5, 0.6) is 0 Å². The predicted molar refractivity (Wildman–Crippen MR) is 77.1 cm³/mol. The molecule has 0 saturated carbocycles. The number of carboxylic acids is 1. The average molecular weight is 306 g/mol. The molecule has 1 aliphatic heterocycles. The van der Waals surface area contributed by atoms with Gasteiger partial charge in [-0.1, -0.05) is 30.3 Å². The van der Waals surface area contributed by atoms with Crippen LogP contribution in [0.3, 0.4) is 0 Å². The lowest BCUT2D eigenvalue weighted by Crippen LogP contribution is -2.55. The number of hydrogen-bond acceptors (Lipinski definition) is 4. The van der Waals surface area contributed by atoms with E-state index in [2.05, 4.69) is 5.32 Å². The Morgan fingerprint density at radius 2 is 2.00 bits per heavy atom. The molecule has 1 fully saturated rings. The van der Waals surface area contributed by atoms with Crippen molar-refractivity contribution in [2.24, 2.45) is 0 Å². The van der Waals surface area contributed by atoms with Crippen LogP contribution in [0.1, 0.15) is 5.56 Å². The predicted octanol–water partition coefficient (Wildman–Crippen LogP) is -0.343. The fourth-order valence-corrected chi connectivity index (χ4v) is 2.23. The maximum absolute atomic E-state index is 12.1. The standard InChI is InChI=1S/C15H18N2O5/c18-13(8-11-4-2-1-3-5-11)16-9-14(19)17-6-7-22-10-12(17)15(20)21/h1-5,12H,6-10H2,(H,16,18)(H,20,21). The SMILES string of the molecule is O=C(Cc1ccccc1)NCC(=O)N1CCOCC1C(=O)O. The van der Waals surface area contributed by atoms with Gasteiger partial charge in [0, 0.05) is 6.54 Å². The van der Waals surface area contributed by atoms with Crippen LogP contribution in [0.4, 0.5) is 0 Å². The summed E-state index contributed by atoms with van der Waals surface area (Å²) in [6.45, 7) is 0.270. The van der Waals surface area contributed by atoms with E-state index >= 15 is 0 Å². The number of carboxylic acid groups (broad SMARTS) is 1. The second kappa shape index (κ2) is 7.56.